The molecule has 1 spiro atoms. The van der Waals surface area contributed by atoms with Crippen LogP contribution in [0, 0.1) is 6.92 Å². The number of aliphatic imine (C=N–C) groups is 1. The minimum absolute atomic E-state index is 0.154. The molecule has 4 rings (SSSR count). The third-order valence-corrected chi connectivity index (χ3v) is 5.05. The van der Waals surface area contributed by atoms with Crippen molar-refractivity contribution in [1.29, 1.82) is 0 Å². The van der Waals surface area contributed by atoms with E-state index in [1.54, 1.807) is 7.05 Å². The van der Waals surface area contributed by atoms with E-state index in [9.17, 15) is 4.79 Å². The van der Waals surface area contributed by atoms with Crippen LogP contribution in [-0.2, 0) is 10.3 Å². The van der Waals surface area contributed by atoms with Crippen LogP contribution in [0.5, 0.6) is 11.5 Å². The predicted octanol–water partition coefficient (Wildman–Crippen LogP) is 3.25. The van der Waals surface area contributed by atoms with Gasteiger partial charge in [-0.2, -0.15) is 0 Å². The molecule has 2 heterocycles. The van der Waals surface area contributed by atoms with Crippen molar-refractivity contribution in [2.75, 3.05) is 7.05 Å². The highest BCUT2D eigenvalue weighted by atomic mass is 16.5. The zero-order chi connectivity index (χ0) is 17.9. The van der Waals surface area contributed by atoms with Crippen LogP contribution in [0.1, 0.15) is 42.0 Å². The summed E-state index contributed by atoms with van der Waals surface area (Å²) in [6.07, 6.45) is 0. The first kappa shape index (κ1) is 15.7. The lowest BCUT2D eigenvalue weighted by Crippen LogP contribution is -2.42. The molecule has 2 aromatic rings. The zero-order valence-electron chi connectivity index (χ0n) is 14.8. The Bertz CT molecular complexity index is 933. The molecule has 0 radical (unpaired) electrons. The third kappa shape index (κ3) is 2.02. The molecule has 5 nitrogen and oxygen atoms in total. The molecule has 0 aromatic heterocycles. The number of ether oxygens (including phenoxy) is 1. The molecule has 1 unspecified atom stereocenters. The molecular formula is C20H21N3O2. The number of hydrogen-bond acceptors (Lipinski definition) is 4. The molecule has 0 saturated carbocycles. The number of aryl methyl sites for hydroxylation is 1. The lowest BCUT2D eigenvalue weighted by Gasteiger charge is -2.34. The van der Waals surface area contributed by atoms with Gasteiger partial charge in [0.2, 0.25) is 5.54 Å². The van der Waals surface area contributed by atoms with Gasteiger partial charge < -0.3 is 10.5 Å². The Morgan fingerprint density at radius 1 is 1.12 bits per heavy atom. The molecule has 5 heteroatoms. The molecule has 0 aliphatic carbocycles. The van der Waals surface area contributed by atoms with E-state index in [4.69, 9.17) is 10.5 Å². The Balaban J connectivity index is 2.05. The molecule has 128 valence electrons. The van der Waals surface area contributed by atoms with E-state index < -0.39 is 5.54 Å². The smallest absolute Gasteiger partial charge is 0.266 e. The summed E-state index contributed by atoms with van der Waals surface area (Å²) in [5.74, 6) is 1.75. The first-order valence-corrected chi connectivity index (χ1v) is 8.41. The second kappa shape index (κ2) is 5.09. The molecule has 1 amide bonds. The molecule has 2 aromatic carbocycles. The van der Waals surface area contributed by atoms with E-state index in [2.05, 4.69) is 18.8 Å². The van der Waals surface area contributed by atoms with E-state index in [1.807, 2.05) is 43.3 Å². The molecule has 25 heavy (non-hydrogen) atoms. The zero-order valence-corrected chi connectivity index (χ0v) is 14.8. The maximum absolute atomic E-state index is 13.2. The monoisotopic (exact) mass is 335 g/mol. The number of carbonyl (C=O) groups is 1. The second-order valence-corrected chi connectivity index (χ2v) is 7.06. The number of carbonyl (C=O) groups excluding carboxylic acids is 1. The summed E-state index contributed by atoms with van der Waals surface area (Å²) in [4.78, 5) is 19.3. The van der Waals surface area contributed by atoms with Gasteiger partial charge in [0.1, 0.15) is 11.5 Å². The average molecular weight is 335 g/mol. The Morgan fingerprint density at radius 3 is 2.52 bits per heavy atom. The summed E-state index contributed by atoms with van der Waals surface area (Å²) in [5, 5.41) is 0. The van der Waals surface area contributed by atoms with Gasteiger partial charge in [0, 0.05) is 18.2 Å². The maximum Gasteiger partial charge on any atom is 0.266 e. The highest BCUT2D eigenvalue weighted by molar-refractivity contribution is 6.09. The molecule has 0 saturated heterocycles. The van der Waals surface area contributed by atoms with Crippen molar-refractivity contribution in [3.05, 3.63) is 58.7 Å². The summed E-state index contributed by atoms with van der Waals surface area (Å²) in [7, 11) is 1.66. The summed E-state index contributed by atoms with van der Waals surface area (Å²) in [6.45, 7) is 6.24. The van der Waals surface area contributed by atoms with Crippen molar-refractivity contribution in [1.82, 2.24) is 4.90 Å². The third-order valence-electron chi connectivity index (χ3n) is 5.05. The highest BCUT2D eigenvalue weighted by Gasteiger charge is 2.54. The van der Waals surface area contributed by atoms with E-state index in [0.29, 0.717) is 17.4 Å². The van der Waals surface area contributed by atoms with Crippen LogP contribution in [0.25, 0.3) is 0 Å². The van der Waals surface area contributed by atoms with Crippen LogP contribution < -0.4 is 10.5 Å². The van der Waals surface area contributed by atoms with E-state index in [1.165, 1.54) is 4.90 Å². The fourth-order valence-electron chi connectivity index (χ4n) is 3.55. The van der Waals surface area contributed by atoms with Gasteiger partial charge in [0.15, 0.2) is 5.96 Å². The summed E-state index contributed by atoms with van der Waals surface area (Å²) in [6, 6.07) is 11.8. The summed E-state index contributed by atoms with van der Waals surface area (Å²) < 4.78 is 6.15. The first-order chi connectivity index (χ1) is 11.8. The number of nitrogens with two attached hydrogens (primary N) is 1. The standard InChI is InChI=1S/C20H21N3O2/c1-11(2)13-6-7-14-17(10-13)25-16-8-5-12(3)9-15(16)20(14)18(24)23(4)19(21)22-20/h5-11H,1-4H3,(H2,21,22). The first-order valence-electron chi connectivity index (χ1n) is 8.41. The minimum atomic E-state index is -1.16. The normalized spacial score (nSPS) is 21.2. The van der Waals surface area contributed by atoms with Crippen LogP contribution in [0.4, 0.5) is 0 Å². The number of likely N-dealkylation sites (N-methyl/N-ethyl adjacent to an activating group) is 1. The summed E-state index contributed by atoms with van der Waals surface area (Å²) in [5.41, 5.74) is 8.54. The van der Waals surface area contributed by atoms with Crippen LogP contribution in [-0.4, -0.2) is 23.8 Å². The quantitative estimate of drug-likeness (QED) is 0.870. The average Bonchev–Trinajstić information content (AvgIpc) is 2.80. The number of nitrogens with zero attached hydrogens (tertiary/aromatic N) is 2. The molecule has 2 N–H and O–H groups in total. The van der Waals surface area contributed by atoms with Gasteiger partial charge in [0.05, 0.1) is 0 Å². The number of fused-ring (bicyclic) bond motifs is 4. The van der Waals surface area contributed by atoms with Crippen molar-refractivity contribution in [3.8, 4) is 11.5 Å². The fourth-order valence-corrected chi connectivity index (χ4v) is 3.55. The number of guanidine groups is 1. The lowest BCUT2D eigenvalue weighted by atomic mass is 9.79. The van der Waals surface area contributed by atoms with Gasteiger partial charge in [-0.25, -0.2) is 4.99 Å². The van der Waals surface area contributed by atoms with Crippen molar-refractivity contribution in [3.63, 3.8) is 0 Å². The number of benzene rings is 2. The molecule has 2 aliphatic heterocycles. The van der Waals surface area contributed by atoms with E-state index in [0.717, 1.165) is 22.3 Å². The second-order valence-electron chi connectivity index (χ2n) is 7.06. The molecular weight excluding hydrogens is 314 g/mol. The predicted molar refractivity (Wildman–Crippen MR) is 97.0 cm³/mol. The van der Waals surface area contributed by atoms with E-state index in [-0.39, 0.29) is 11.9 Å². The highest BCUT2D eigenvalue weighted by Crippen LogP contribution is 2.52. The summed E-state index contributed by atoms with van der Waals surface area (Å²) >= 11 is 0. The van der Waals surface area contributed by atoms with Gasteiger partial charge in [-0.15, -0.1) is 0 Å². The largest absolute Gasteiger partial charge is 0.457 e. The molecule has 1 atom stereocenters. The Kier molecular flexibility index (Phi) is 3.19. The minimum Gasteiger partial charge on any atom is -0.457 e. The Hall–Kier alpha value is -2.82. The SMILES string of the molecule is Cc1ccc2c(c1)C1(N=C(N)N(C)C1=O)c1ccc(C(C)C)cc1O2. The van der Waals surface area contributed by atoms with Crippen molar-refractivity contribution in [2.24, 2.45) is 10.7 Å². The molecule has 0 bridgehead atoms. The van der Waals surface area contributed by atoms with Gasteiger partial charge >= 0.3 is 0 Å². The number of rotatable bonds is 1. The van der Waals surface area contributed by atoms with Crippen LogP contribution >= 0.6 is 0 Å². The van der Waals surface area contributed by atoms with Crippen LogP contribution in [0.3, 0.4) is 0 Å². The lowest BCUT2D eigenvalue weighted by molar-refractivity contribution is -0.129. The van der Waals surface area contributed by atoms with Crippen LogP contribution in [0.2, 0.25) is 0 Å². The van der Waals surface area contributed by atoms with Crippen LogP contribution in [0.15, 0.2) is 41.4 Å². The van der Waals surface area contributed by atoms with E-state index >= 15 is 0 Å². The van der Waals surface area contributed by atoms with Gasteiger partial charge in [-0.1, -0.05) is 37.6 Å². The van der Waals surface area contributed by atoms with Crippen molar-refractivity contribution < 1.29 is 9.53 Å². The topological polar surface area (TPSA) is 67.9 Å². The molecule has 0 fully saturated rings. The van der Waals surface area contributed by atoms with Crippen molar-refractivity contribution in [2.45, 2.75) is 32.2 Å². The molecule has 2 aliphatic rings. The Labute approximate surface area is 147 Å². The maximum atomic E-state index is 13.2. The fraction of sp³-hybridized carbons (Fsp3) is 0.300. The van der Waals surface area contributed by atoms with Crippen molar-refractivity contribution >= 4 is 11.9 Å². The van der Waals surface area contributed by atoms with Gasteiger partial charge in [-0.3, -0.25) is 9.69 Å². The van der Waals surface area contributed by atoms with Gasteiger partial charge in [0.25, 0.3) is 5.91 Å². The Morgan fingerprint density at radius 2 is 1.88 bits per heavy atom. The van der Waals surface area contributed by atoms with Gasteiger partial charge in [-0.05, 0) is 36.6 Å². The number of hydrogen-bond donors (Lipinski definition) is 1. The number of amides is 1.